The molecule has 0 radical (unpaired) electrons. The molecule has 0 saturated heterocycles. The maximum atomic E-state index is 5.81. The van der Waals surface area contributed by atoms with Crippen molar-refractivity contribution in [1.29, 1.82) is 0 Å². The van der Waals surface area contributed by atoms with Gasteiger partial charge in [-0.05, 0) is 24.7 Å². The SMILES string of the molecule is CC(C)c1c(N)ncnc1OCC1CC1. The quantitative estimate of drug-likeness (QED) is 0.820. The van der Waals surface area contributed by atoms with Crippen LogP contribution in [0.25, 0.3) is 0 Å². The van der Waals surface area contributed by atoms with E-state index in [1.165, 1.54) is 19.2 Å². The van der Waals surface area contributed by atoms with Gasteiger partial charge >= 0.3 is 0 Å². The molecule has 0 spiro atoms. The fourth-order valence-corrected chi connectivity index (χ4v) is 1.53. The van der Waals surface area contributed by atoms with Crippen LogP contribution in [0.15, 0.2) is 6.33 Å². The maximum Gasteiger partial charge on any atom is 0.222 e. The molecule has 2 N–H and O–H groups in total. The van der Waals surface area contributed by atoms with Crippen molar-refractivity contribution in [3.05, 3.63) is 11.9 Å². The van der Waals surface area contributed by atoms with Crippen LogP contribution in [0.2, 0.25) is 0 Å². The molecular formula is C11H17N3O. The molecule has 0 atom stereocenters. The van der Waals surface area contributed by atoms with Crippen molar-refractivity contribution in [1.82, 2.24) is 9.97 Å². The van der Waals surface area contributed by atoms with Crippen LogP contribution < -0.4 is 10.5 Å². The predicted octanol–water partition coefficient (Wildman–Crippen LogP) is 1.97. The summed E-state index contributed by atoms with van der Waals surface area (Å²) in [4.78, 5) is 8.14. The zero-order valence-electron chi connectivity index (χ0n) is 9.23. The van der Waals surface area contributed by atoms with Gasteiger partial charge in [0.15, 0.2) is 0 Å². The summed E-state index contributed by atoms with van der Waals surface area (Å²) in [5.41, 5.74) is 6.74. The van der Waals surface area contributed by atoms with Crippen molar-refractivity contribution >= 4 is 5.82 Å². The molecule has 1 aliphatic carbocycles. The van der Waals surface area contributed by atoms with Crippen LogP contribution in [0.5, 0.6) is 5.88 Å². The standard InChI is InChI=1S/C11H17N3O/c1-7(2)9-10(12)13-6-14-11(9)15-5-8-3-4-8/h6-8H,3-5H2,1-2H3,(H2,12,13,14). The van der Waals surface area contributed by atoms with Crippen molar-refractivity contribution in [3.8, 4) is 5.88 Å². The van der Waals surface area contributed by atoms with E-state index in [2.05, 4.69) is 23.8 Å². The van der Waals surface area contributed by atoms with Crippen LogP contribution >= 0.6 is 0 Å². The summed E-state index contributed by atoms with van der Waals surface area (Å²) in [6, 6.07) is 0. The summed E-state index contributed by atoms with van der Waals surface area (Å²) in [6.07, 6.45) is 4.01. The second-order valence-corrected chi connectivity index (χ2v) is 4.39. The molecule has 1 heterocycles. The normalized spacial score (nSPS) is 15.7. The first-order valence-corrected chi connectivity index (χ1v) is 5.41. The van der Waals surface area contributed by atoms with Gasteiger partial charge in [0.05, 0.1) is 12.2 Å². The summed E-state index contributed by atoms with van der Waals surface area (Å²) in [7, 11) is 0. The average molecular weight is 207 g/mol. The zero-order valence-corrected chi connectivity index (χ0v) is 9.23. The van der Waals surface area contributed by atoms with Crippen LogP contribution in [-0.4, -0.2) is 16.6 Å². The van der Waals surface area contributed by atoms with Gasteiger partial charge in [0, 0.05) is 0 Å². The smallest absolute Gasteiger partial charge is 0.222 e. The molecule has 15 heavy (non-hydrogen) atoms. The summed E-state index contributed by atoms with van der Waals surface area (Å²) >= 11 is 0. The zero-order chi connectivity index (χ0) is 10.8. The van der Waals surface area contributed by atoms with E-state index >= 15 is 0 Å². The molecule has 1 aromatic rings. The molecule has 1 aromatic heterocycles. The third kappa shape index (κ3) is 2.37. The first-order valence-electron chi connectivity index (χ1n) is 5.41. The molecule has 0 aromatic carbocycles. The van der Waals surface area contributed by atoms with Crippen molar-refractivity contribution in [3.63, 3.8) is 0 Å². The van der Waals surface area contributed by atoms with Gasteiger partial charge in [0.1, 0.15) is 12.1 Å². The van der Waals surface area contributed by atoms with Gasteiger partial charge < -0.3 is 10.5 Å². The van der Waals surface area contributed by atoms with E-state index in [0.717, 1.165) is 18.1 Å². The highest BCUT2D eigenvalue weighted by Crippen LogP contribution is 2.32. The Morgan fingerprint density at radius 3 is 2.80 bits per heavy atom. The third-order valence-corrected chi connectivity index (χ3v) is 2.61. The molecular weight excluding hydrogens is 190 g/mol. The number of hydrogen-bond acceptors (Lipinski definition) is 4. The Hall–Kier alpha value is -1.32. The number of rotatable bonds is 4. The second kappa shape index (κ2) is 4.04. The third-order valence-electron chi connectivity index (χ3n) is 2.61. The number of nitrogen functional groups attached to an aromatic ring is 1. The van der Waals surface area contributed by atoms with Gasteiger partial charge in [-0.1, -0.05) is 13.8 Å². The summed E-state index contributed by atoms with van der Waals surface area (Å²) in [5.74, 6) is 2.21. The lowest BCUT2D eigenvalue weighted by atomic mass is 10.1. The van der Waals surface area contributed by atoms with Crippen LogP contribution in [0.1, 0.15) is 38.2 Å². The van der Waals surface area contributed by atoms with Crippen molar-refractivity contribution in [2.45, 2.75) is 32.6 Å². The Balaban J connectivity index is 2.15. The molecule has 0 bridgehead atoms. The second-order valence-electron chi connectivity index (χ2n) is 4.39. The highest BCUT2D eigenvalue weighted by molar-refractivity contribution is 5.46. The molecule has 0 unspecified atom stereocenters. The number of ether oxygens (including phenoxy) is 1. The largest absolute Gasteiger partial charge is 0.477 e. The summed E-state index contributed by atoms with van der Waals surface area (Å²) in [6.45, 7) is 4.90. The first-order chi connectivity index (χ1) is 7.18. The number of nitrogens with two attached hydrogens (primary N) is 1. The van der Waals surface area contributed by atoms with Gasteiger partial charge in [-0.15, -0.1) is 0 Å². The lowest BCUT2D eigenvalue weighted by Gasteiger charge is -2.13. The maximum absolute atomic E-state index is 5.81. The fraction of sp³-hybridized carbons (Fsp3) is 0.636. The van der Waals surface area contributed by atoms with E-state index in [9.17, 15) is 0 Å². The van der Waals surface area contributed by atoms with Crippen LogP contribution in [-0.2, 0) is 0 Å². The monoisotopic (exact) mass is 207 g/mol. The van der Waals surface area contributed by atoms with E-state index in [1.807, 2.05) is 0 Å². The number of anilines is 1. The highest BCUT2D eigenvalue weighted by Gasteiger charge is 2.23. The molecule has 0 aliphatic heterocycles. The van der Waals surface area contributed by atoms with Gasteiger partial charge in [0.25, 0.3) is 0 Å². The molecule has 1 aliphatic rings. The van der Waals surface area contributed by atoms with E-state index in [4.69, 9.17) is 10.5 Å². The first kappa shape index (κ1) is 10.2. The fourth-order valence-electron chi connectivity index (χ4n) is 1.53. The summed E-state index contributed by atoms with van der Waals surface area (Å²) < 4.78 is 5.67. The van der Waals surface area contributed by atoms with Crippen LogP contribution in [0.4, 0.5) is 5.82 Å². The van der Waals surface area contributed by atoms with Gasteiger partial charge in [-0.2, -0.15) is 0 Å². The molecule has 82 valence electrons. The van der Waals surface area contributed by atoms with E-state index in [-0.39, 0.29) is 0 Å². The Morgan fingerprint density at radius 1 is 1.47 bits per heavy atom. The lowest BCUT2D eigenvalue weighted by Crippen LogP contribution is -2.08. The number of aromatic nitrogens is 2. The minimum absolute atomic E-state index is 0.292. The average Bonchev–Trinajstić information content (AvgIpc) is 2.97. The van der Waals surface area contributed by atoms with Crippen molar-refractivity contribution < 1.29 is 4.74 Å². The minimum atomic E-state index is 0.292. The van der Waals surface area contributed by atoms with Gasteiger partial charge in [-0.25, -0.2) is 9.97 Å². The Kier molecular flexibility index (Phi) is 2.75. The predicted molar refractivity (Wildman–Crippen MR) is 58.8 cm³/mol. The van der Waals surface area contributed by atoms with E-state index in [1.54, 1.807) is 0 Å². The van der Waals surface area contributed by atoms with E-state index in [0.29, 0.717) is 17.6 Å². The molecule has 2 rings (SSSR count). The van der Waals surface area contributed by atoms with Gasteiger partial charge in [0.2, 0.25) is 5.88 Å². The molecule has 1 saturated carbocycles. The topological polar surface area (TPSA) is 61.0 Å². The van der Waals surface area contributed by atoms with Gasteiger partial charge in [-0.3, -0.25) is 0 Å². The van der Waals surface area contributed by atoms with Crippen LogP contribution in [0, 0.1) is 5.92 Å². The molecule has 4 nitrogen and oxygen atoms in total. The molecule has 1 fully saturated rings. The molecule has 0 amide bonds. The molecule has 4 heteroatoms. The minimum Gasteiger partial charge on any atom is -0.477 e. The highest BCUT2D eigenvalue weighted by atomic mass is 16.5. The summed E-state index contributed by atoms with van der Waals surface area (Å²) in [5, 5.41) is 0. The van der Waals surface area contributed by atoms with Crippen molar-refractivity contribution in [2.75, 3.05) is 12.3 Å². The Morgan fingerprint density at radius 2 is 2.20 bits per heavy atom. The number of hydrogen-bond donors (Lipinski definition) is 1. The Bertz CT molecular complexity index is 348. The van der Waals surface area contributed by atoms with Crippen LogP contribution in [0.3, 0.4) is 0 Å². The van der Waals surface area contributed by atoms with Crippen molar-refractivity contribution in [2.24, 2.45) is 5.92 Å². The number of nitrogens with zero attached hydrogens (tertiary/aromatic N) is 2. The van der Waals surface area contributed by atoms with E-state index < -0.39 is 0 Å². The lowest BCUT2D eigenvalue weighted by molar-refractivity contribution is 0.284. The Labute approximate surface area is 89.9 Å².